The molecule has 1 heterocycles. The van der Waals surface area contributed by atoms with Gasteiger partial charge in [0, 0.05) is 18.3 Å². The van der Waals surface area contributed by atoms with Gasteiger partial charge >= 0.3 is 0 Å². The van der Waals surface area contributed by atoms with Gasteiger partial charge in [-0.1, -0.05) is 19.9 Å². The zero-order valence-electron chi connectivity index (χ0n) is 6.36. The predicted octanol–water partition coefficient (Wildman–Crippen LogP) is 1.89. The van der Waals surface area contributed by atoms with Crippen LogP contribution in [0.15, 0.2) is 22.4 Å². The third-order valence-corrected chi connectivity index (χ3v) is 1.56. The third kappa shape index (κ3) is 1.79. The van der Waals surface area contributed by atoms with Crippen molar-refractivity contribution < 1.29 is 0 Å². The van der Waals surface area contributed by atoms with Crippen LogP contribution < -0.4 is 0 Å². The monoisotopic (exact) mass is 136 g/mol. The molecule has 0 radical (unpaired) electrons. The number of allylic oxidation sites excluding steroid dienone is 2. The fourth-order valence-electron chi connectivity index (χ4n) is 0.814. The second-order valence-corrected chi connectivity index (χ2v) is 2.74. The summed E-state index contributed by atoms with van der Waals surface area (Å²) in [5.74, 6) is 1.06. The van der Waals surface area contributed by atoms with E-state index in [1.165, 1.54) is 0 Å². The average Bonchev–Trinajstić information content (AvgIpc) is 2.12. The van der Waals surface area contributed by atoms with Crippen LogP contribution in [0.25, 0.3) is 0 Å². The van der Waals surface area contributed by atoms with Crippen LogP contribution in [0.4, 0.5) is 0 Å². The van der Waals surface area contributed by atoms with Crippen molar-refractivity contribution in [1.29, 1.82) is 0 Å². The molecule has 0 amide bonds. The second kappa shape index (κ2) is 3.30. The SMILES string of the molecule is CC(C)C1C=CC=NN=C1. The molecule has 2 nitrogen and oxygen atoms in total. The van der Waals surface area contributed by atoms with Crippen LogP contribution in [0, 0.1) is 11.8 Å². The predicted molar refractivity (Wildman–Crippen MR) is 44.5 cm³/mol. The van der Waals surface area contributed by atoms with Crippen molar-refractivity contribution >= 4 is 12.4 Å². The molecule has 2 heteroatoms. The first kappa shape index (κ1) is 7.19. The minimum Gasteiger partial charge on any atom is -0.163 e. The molecule has 0 aromatic carbocycles. The van der Waals surface area contributed by atoms with Crippen LogP contribution >= 0.6 is 0 Å². The van der Waals surface area contributed by atoms with Crippen LogP contribution in [-0.4, -0.2) is 12.4 Å². The lowest BCUT2D eigenvalue weighted by atomic mass is 9.97. The van der Waals surface area contributed by atoms with Crippen molar-refractivity contribution in [2.75, 3.05) is 0 Å². The maximum absolute atomic E-state index is 3.86. The molecular formula is C8H12N2. The van der Waals surface area contributed by atoms with Crippen molar-refractivity contribution in [3.63, 3.8) is 0 Å². The van der Waals surface area contributed by atoms with Gasteiger partial charge < -0.3 is 0 Å². The smallest absolute Gasteiger partial charge is 0.0492 e. The molecule has 0 bridgehead atoms. The highest BCUT2D eigenvalue weighted by Gasteiger charge is 2.06. The molecule has 1 aliphatic rings. The number of rotatable bonds is 1. The summed E-state index contributed by atoms with van der Waals surface area (Å²) in [6.45, 7) is 4.35. The number of hydrogen-bond donors (Lipinski definition) is 0. The van der Waals surface area contributed by atoms with Gasteiger partial charge in [0.05, 0.1) is 0 Å². The van der Waals surface area contributed by atoms with Gasteiger partial charge in [0.1, 0.15) is 0 Å². The topological polar surface area (TPSA) is 24.7 Å². The van der Waals surface area contributed by atoms with Crippen molar-refractivity contribution in [3.8, 4) is 0 Å². The Hall–Kier alpha value is -0.920. The van der Waals surface area contributed by atoms with Crippen molar-refractivity contribution in [2.24, 2.45) is 22.0 Å². The normalized spacial score (nSPS) is 23.7. The molecule has 0 saturated carbocycles. The van der Waals surface area contributed by atoms with Crippen molar-refractivity contribution in [1.82, 2.24) is 0 Å². The minimum atomic E-state index is 0.447. The fraction of sp³-hybridized carbons (Fsp3) is 0.500. The fourth-order valence-corrected chi connectivity index (χ4v) is 0.814. The zero-order valence-corrected chi connectivity index (χ0v) is 6.36. The van der Waals surface area contributed by atoms with Crippen molar-refractivity contribution in [2.45, 2.75) is 13.8 Å². The van der Waals surface area contributed by atoms with Gasteiger partial charge in [-0.05, 0) is 12.0 Å². The molecule has 1 aliphatic heterocycles. The molecule has 0 aromatic heterocycles. The molecular weight excluding hydrogens is 124 g/mol. The minimum absolute atomic E-state index is 0.447. The van der Waals surface area contributed by atoms with Crippen LogP contribution in [0.2, 0.25) is 0 Å². The Bertz CT molecular complexity index is 162. The van der Waals surface area contributed by atoms with E-state index in [2.05, 4.69) is 30.1 Å². The lowest BCUT2D eigenvalue weighted by Crippen LogP contribution is -2.05. The first-order valence-electron chi connectivity index (χ1n) is 3.54. The Kier molecular flexibility index (Phi) is 2.37. The summed E-state index contributed by atoms with van der Waals surface area (Å²) in [6.07, 6.45) is 7.64. The zero-order chi connectivity index (χ0) is 7.40. The summed E-state index contributed by atoms with van der Waals surface area (Å²) in [5, 5.41) is 7.62. The molecule has 0 saturated heterocycles. The van der Waals surface area contributed by atoms with E-state index >= 15 is 0 Å². The van der Waals surface area contributed by atoms with Crippen molar-refractivity contribution in [3.05, 3.63) is 12.2 Å². The van der Waals surface area contributed by atoms with E-state index in [4.69, 9.17) is 0 Å². The number of nitrogens with zero attached hydrogens (tertiary/aromatic N) is 2. The third-order valence-electron chi connectivity index (χ3n) is 1.56. The summed E-state index contributed by atoms with van der Waals surface area (Å²) in [6, 6.07) is 0. The maximum Gasteiger partial charge on any atom is 0.0492 e. The van der Waals surface area contributed by atoms with E-state index in [9.17, 15) is 0 Å². The highest BCUT2D eigenvalue weighted by atomic mass is 15.2. The Labute approximate surface area is 61.4 Å². The maximum atomic E-state index is 3.86. The van der Waals surface area contributed by atoms with Crippen LogP contribution in [0.3, 0.4) is 0 Å². The van der Waals surface area contributed by atoms with E-state index in [0.717, 1.165) is 0 Å². The molecule has 54 valence electrons. The van der Waals surface area contributed by atoms with E-state index < -0.39 is 0 Å². The van der Waals surface area contributed by atoms with Gasteiger partial charge in [-0.15, -0.1) is 0 Å². The highest BCUT2D eigenvalue weighted by molar-refractivity contribution is 5.76. The molecule has 1 rings (SSSR count). The molecule has 1 unspecified atom stereocenters. The summed E-state index contributed by atoms with van der Waals surface area (Å²) in [4.78, 5) is 0. The molecule has 0 aliphatic carbocycles. The molecule has 0 spiro atoms. The quantitative estimate of drug-likeness (QED) is 0.526. The van der Waals surface area contributed by atoms with Crippen LogP contribution in [-0.2, 0) is 0 Å². The largest absolute Gasteiger partial charge is 0.163 e. The van der Waals surface area contributed by atoms with Crippen LogP contribution in [0.1, 0.15) is 13.8 Å². The number of hydrogen-bond acceptors (Lipinski definition) is 2. The van der Waals surface area contributed by atoms with E-state index in [0.29, 0.717) is 11.8 Å². The van der Waals surface area contributed by atoms with E-state index in [1.54, 1.807) is 6.21 Å². The van der Waals surface area contributed by atoms with Gasteiger partial charge in [-0.25, -0.2) is 0 Å². The summed E-state index contributed by atoms with van der Waals surface area (Å²) in [5.41, 5.74) is 0. The Morgan fingerprint density at radius 1 is 1.30 bits per heavy atom. The standard InChI is InChI=1S/C8H12N2/c1-7(2)8-4-3-5-9-10-6-8/h3-8H,1-2H3. The lowest BCUT2D eigenvalue weighted by Gasteiger charge is -2.08. The van der Waals surface area contributed by atoms with E-state index in [1.807, 2.05) is 12.3 Å². The Morgan fingerprint density at radius 2 is 2.10 bits per heavy atom. The Balaban J connectivity index is 2.63. The summed E-state index contributed by atoms with van der Waals surface area (Å²) >= 11 is 0. The van der Waals surface area contributed by atoms with Gasteiger partial charge in [0.25, 0.3) is 0 Å². The van der Waals surface area contributed by atoms with Gasteiger partial charge in [-0.3, -0.25) is 0 Å². The Morgan fingerprint density at radius 3 is 2.80 bits per heavy atom. The highest BCUT2D eigenvalue weighted by Crippen LogP contribution is 2.10. The second-order valence-electron chi connectivity index (χ2n) is 2.74. The van der Waals surface area contributed by atoms with Gasteiger partial charge in [-0.2, -0.15) is 10.2 Å². The molecule has 0 aromatic rings. The summed E-state index contributed by atoms with van der Waals surface area (Å²) in [7, 11) is 0. The first-order valence-corrected chi connectivity index (χ1v) is 3.54. The average molecular weight is 136 g/mol. The molecule has 10 heavy (non-hydrogen) atoms. The van der Waals surface area contributed by atoms with Gasteiger partial charge in [0.15, 0.2) is 0 Å². The first-order chi connectivity index (χ1) is 4.80. The van der Waals surface area contributed by atoms with Crippen LogP contribution in [0.5, 0.6) is 0 Å². The molecule has 0 fully saturated rings. The van der Waals surface area contributed by atoms with E-state index in [-0.39, 0.29) is 0 Å². The molecule has 0 N–H and O–H groups in total. The van der Waals surface area contributed by atoms with Gasteiger partial charge in [0.2, 0.25) is 0 Å². The summed E-state index contributed by atoms with van der Waals surface area (Å²) < 4.78 is 0. The lowest BCUT2D eigenvalue weighted by molar-refractivity contribution is 0.585. The molecule has 1 atom stereocenters.